The van der Waals surface area contributed by atoms with Crippen molar-refractivity contribution in [3.8, 4) is 0 Å². The molecule has 0 saturated carbocycles. The monoisotopic (exact) mass is 391 g/mol. The summed E-state index contributed by atoms with van der Waals surface area (Å²) >= 11 is 11.7. The molecule has 0 spiro atoms. The molecule has 0 aliphatic heterocycles. The van der Waals surface area contributed by atoms with Gasteiger partial charge in [0.15, 0.2) is 5.69 Å². The smallest absolute Gasteiger partial charge is 0.324 e. The number of fused-ring (bicyclic) bond motifs is 1. The lowest BCUT2D eigenvalue weighted by molar-refractivity contribution is -0.142. The van der Waals surface area contributed by atoms with Crippen LogP contribution in [0.3, 0.4) is 0 Å². The van der Waals surface area contributed by atoms with Crippen molar-refractivity contribution >= 4 is 34.8 Å². The molecule has 134 valence electrons. The molecule has 1 aromatic carbocycles. The molecular formula is C16H14Cl2F3N3O. The van der Waals surface area contributed by atoms with E-state index in [1.807, 2.05) is 0 Å². The van der Waals surface area contributed by atoms with Gasteiger partial charge in [-0.3, -0.25) is 9.48 Å². The molecule has 1 aliphatic rings. The lowest BCUT2D eigenvalue weighted by Gasteiger charge is -2.14. The Bertz CT molecular complexity index is 818. The molecule has 0 unspecified atom stereocenters. The molecule has 1 heterocycles. The van der Waals surface area contributed by atoms with E-state index in [-0.39, 0.29) is 17.1 Å². The first-order valence-electron chi connectivity index (χ1n) is 7.66. The normalized spacial score (nSPS) is 14.3. The van der Waals surface area contributed by atoms with Crippen LogP contribution in [0.1, 0.15) is 29.8 Å². The minimum Gasteiger partial charge on any atom is -0.324 e. The van der Waals surface area contributed by atoms with E-state index in [0.717, 1.165) is 11.1 Å². The third-order valence-corrected chi connectivity index (χ3v) is 4.76. The van der Waals surface area contributed by atoms with Gasteiger partial charge in [-0.1, -0.05) is 23.2 Å². The maximum absolute atomic E-state index is 13.2. The topological polar surface area (TPSA) is 46.9 Å². The van der Waals surface area contributed by atoms with Crippen LogP contribution < -0.4 is 5.32 Å². The van der Waals surface area contributed by atoms with Crippen LogP contribution in [0.5, 0.6) is 0 Å². The quantitative estimate of drug-likeness (QED) is 0.822. The minimum absolute atomic E-state index is 0.209. The number of alkyl halides is 3. The average molecular weight is 392 g/mol. The van der Waals surface area contributed by atoms with Crippen LogP contribution in [0.4, 0.5) is 18.9 Å². The second-order valence-corrected chi connectivity index (χ2v) is 6.63. The number of halogens is 5. The zero-order valence-corrected chi connectivity index (χ0v) is 14.5. The summed E-state index contributed by atoms with van der Waals surface area (Å²) in [7, 11) is 0. The standard InChI is InChI=1S/C16H14Cl2F3N3O/c17-11-6-5-9(7-12(11)18)22-14(25)8-24-13-4-2-1-3-10(13)15(23-24)16(19,20)21/h5-7H,1-4,8H2,(H,22,25). The summed E-state index contributed by atoms with van der Waals surface area (Å²) in [4.78, 5) is 12.2. The van der Waals surface area contributed by atoms with E-state index in [1.54, 1.807) is 6.07 Å². The van der Waals surface area contributed by atoms with E-state index >= 15 is 0 Å². The number of nitrogens with one attached hydrogen (secondary N) is 1. The van der Waals surface area contributed by atoms with Crippen molar-refractivity contribution in [2.45, 2.75) is 38.4 Å². The number of amides is 1. The van der Waals surface area contributed by atoms with Gasteiger partial charge in [-0.25, -0.2) is 0 Å². The second-order valence-electron chi connectivity index (χ2n) is 5.81. The molecule has 0 bridgehead atoms. The van der Waals surface area contributed by atoms with Gasteiger partial charge in [0.2, 0.25) is 5.91 Å². The van der Waals surface area contributed by atoms with Crippen LogP contribution in [-0.4, -0.2) is 15.7 Å². The fourth-order valence-corrected chi connectivity index (χ4v) is 3.24. The van der Waals surface area contributed by atoms with E-state index in [9.17, 15) is 18.0 Å². The minimum atomic E-state index is -4.52. The summed E-state index contributed by atoms with van der Waals surface area (Å²) in [6.07, 6.45) is -2.23. The van der Waals surface area contributed by atoms with Crippen molar-refractivity contribution in [2.75, 3.05) is 5.32 Å². The van der Waals surface area contributed by atoms with Crippen molar-refractivity contribution in [1.29, 1.82) is 0 Å². The zero-order chi connectivity index (χ0) is 18.2. The van der Waals surface area contributed by atoms with Crippen molar-refractivity contribution in [1.82, 2.24) is 9.78 Å². The van der Waals surface area contributed by atoms with E-state index in [0.29, 0.717) is 35.7 Å². The molecule has 1 aliphatic carbocycles. The Morgan fingerprint density at radius 3 is 2.60 bits per heavy atom. The summed E-state index contributed by atoms with van der Waals surface area (Å²) in [5, 5.41) is 6.87. The van der Waals surface area contributed by atoms with Gasteiger partial charge in [-0.15, -0.1) is 0 Å². The van der Waals surface area contributed by atoms with Gasteiger partial charge in [0.1, 0.15) is 6.54 Å². The lowest BCUT2D eigenvalue weighted by atomic mass is 9.95. The second kappa shape index (κ2) is 6.88. The van der Waals surface area contributed by atoms with Gasteiger partial charge in [0, 0.05) is 16.9 Å². The molecule has 2 aromatic rings. The Hall–Kier alpha value is -1.73. The predicted octanol–water partition coefficient (Wildman–Crippen LogP) is 4.73. The molecule has 0 fully saturated rings. The first kappa shape index (κ1) is 18.1. The summed E-state index contributed by atoms with van der Waals surface area (Å²) < 4.78 is 40.6. The van der Waals surface area contributed by atoms with E-state index in [4.69, 9.17) is 23.2 Å². The van der Waals surface area contributed by atoms with Crippen molar-refractivity contribution in [2.24, 2.45) is 0 Å². The third kappa shape index (κ3) is 3.93. The molecule has 0 saturated heterocycles. The molecule has 4 nitrogen and oxygen atoms in total. The number of rotatable bonds is 3. The Labute approximate surface area is 151 Å². The number of anilines is 1. The Balaban J connectivity index is 1.81. The molecule has 1 amide bonds. The van der Waals surface area contributed by atoms with Gasteiger partial charge in [-0.2, -0.15) is 18.3 Å². The van der Waals surface area contributed by atoms with Crippen molar-refractivity contribution < 1.29 is 18.0 Å². The molecule has 9 heteroatoms. The van der Waals surface area contributed by atoms with Crippen LogP contribution in [0.25, 0.3) is 0 Å². The first-order chi connectivity index (χ1) is 11.8. The summed E-state index contributed by atoms with van der Waals surface area (Å²) in [6, 6.07) is 4.56. The van der Waals surface area contributed by atoms with Gasteiger partial charge < -0.3 is 5.32 Å². The number of hydrogen-bond donors (Lipinski definition) is 1. The Kier molecular flexibility index (Phi) is 4.97. The molecule has 0 radical (unpaired) electrons. The number of hydrogen-bond acceptors (Lipinski definition) is 2. The largest absolute Gasteiger partial charge is 0.435 e. The Morgan fingerprint density at radius 2 is 1.92 bits per heavy atom. The van der Waals surface area contributed by atoms with E-state index in [2.05, 4.69) is 10.4 Å². The molecule has 25 heavy (non-hydrogen) atoms. The van der Waals surface area contributed by atoms with Gasteiger partial charge in [0.05, 0.1) is 10.0 Å². The fourth-order valence-electron chi connectivity index (χ4n) is 2.94. The maximum Gasteiger partial charge on any atom is 0.435 e. The van der Waals surface area contributed by atoms with Crippen LogP contribution >= 0.6 is 23.2 Å². The fraction of sp³-hybridized carbons (Fsp3) is 0.375. The van der Waals surface area contributed by atoms with Gasteiger partial charge in [-0.05, 0) is 43.9 Å². The maximum atomic E-state index is 13.2. The third-order valence-electron chi connectivity index (χ3n) is 4.02. The highest BCUT2D eigenvalue weighted by Gasteiger charge is 2.39. The van der Waals surface area contributed by atoms with E-state index in [1.165, 1.54) is 12.1 Å². The molecule has 1 aromatic heterocycles. The van der Waals surface area contributed by atoms with Crippen LogP contribution in [0.2, 0.25) is 10.0 Å². The molecular weight excluding hydrogens is 378 g/mol. The van der Waals surface area contributed by atoms with Gasteiger partial charge >= 0.3 is 6.18 Å². The zero-order valence-electron chi connectivity index (χ0n) is 13.0. The highest BCUT2D eigenvalue weighted by molar-refractivity contribution is 6.42. The lowest BCUT2D eigenvalue weighted by Crippen LogP contribution is -2.21. The average Bonchev–Trinajstić information content (AvgIpc) is 2.90. The summed E-state index contributed by atoms with van der Waals surface area (Å²) in [5.41, 5.74) is 0.227. The summed E-state index contributed by atoms with van der Waals surface area (Å²) in [6.45, 7) is -0.293. The first-order valence-corrected chi connectivity index (χ1v) is 8.42. The number of aromatic nitrogens is 2. The SMILES string of the molecule is O=C(Cn1nc(C(F)(F)F)c2c1CCCC2)Nc1ccc(Cl)c(Cl)c1. The van der Waals surface area contributed by atoms with Crippen LogP contribution in [0, 0.1) is 0 Å². The van der Waals surface area contributed by atoms with Crippen LogP contribution in [0.15, 0.2) is 18.2 Å². The number of nitrogens with zero attached hydrogens (tertiary/aromatic N) is 2. The van der Waals surface area contributed by atoms with E-state index < -0.39 is 17.8 Å². The van der Waals surface area contributed by atoms with Crippen molar-refractivity contribution in [3.63, 3.8) is 0 Å². The highest BCUT2D eigenvalue weighted by Crippen LogP contribution is 2.35. The number of benzene rings is 1. The van der Waals surface area contributed by atoms with Gasteiger partial charge in [0.25, 0.3) is 0 Å². The van der Waals surface area contributed by atoms with Crippen LogP contribution in [-0.2, 0) is 30.4 Å². The highest BCUT2D eigenvalue weighted by atomic mass is 35.5. The number of carbonyl (C=O) groups is 1. The molecule has 3 rings (SSSR count). The number of carbonyl (C=O) groups excluding carboxylic acids is 1. The Morgan fingerprint density at radius 1 is 1.20 bits per heavy atom. The molecule has 0 atom stereocenters. The molecule has 1 N–H and O–H groups in total. The predicted molar refractivity (Wildman–Crippen MR) is 89.0 cm³/mol. The summed E-state index contributed by atoms with van der Waals surface area (Å²) in [5.74, 6) is -0.483. The van der Waals surface area contributed by atoms with Crippen molar-refractivity contribution in [3.05, 3.63) is 45.2 Å².